The number of carbonyl (C=O) groups excluding carboxylic acids is 1. The van der Waals surface area contributed by atoms with Gasteiger partial charge in [0.15, 0.2) is 0 Å². The number of hydrogen-bond donors (Lipinski definition) is 2. The summed E-state index contributed by atoms with van der Waals surface area (Å²) in [6.45, 7) is 7.08. The summed E-state index contributed by atoms with van der Waals surface area (Å²) >= 11 is 0. The van der Waals surface area contributed by atoms with Crippen LogP contribution < -0.4 is 5.32 Å². The second-order valence-corrected chi connectivity index (χ2v) is 4.56. The summed E-state index contributed by atoms with van der Waals surface area (Å²) in [5, 5.41) is 16.1. The van der Waals surface area contributed by atoms with E-state index in [0.717, 1.165) is 12.8 Å². The molecule has 1 rings (SSSR count). The van der Waals surface area contributed by atoms with Crippen LogP contribution in [0.25, 0.3) is 0 Å². The normalized spacial score (nSPS) is 12.2. The standard InChI is InChI=1S/C13H24N4O2/c1-4-8-16(9-10-18)13(19)15-12-6-7-14-17(12)11(3)5-2/h6-7,11,18H,4-5,8-10H2,1-3H3,(H,15,19). The first kappa shape index (κ1) is 15.5. The Hall–Kier alpha value is -1.56. The van der Waals surface area contributed by atoms with Crippen LogP contribution in [0, 0.1) is 0 Å². The van der Waals surface area contributed by atoms with Gasteiger partial charge in [0.05, 0.1) is 18.8 Å². The van der Waals surface area contributed by atoms with E-state index in [2.05, 4.69) is 24.3 Å². The number of urea groups is 1. The average molecular weight is 268 g/mol. The number of aliphatic hydroxyl groups is 1. The summed E-state index contributed by atoms with van der Waals surface area (Å²) in [4.78, 5) is 13.7. The first-order chi connectivity index (χ1) is 9.13. The summed E-state index contributed by atoms with van der Waals surface area (Å²) in [7, 11) is 0. The van der Waals surface area contributed by atoms with Gasteiger partial charge >= 0.3 is 6.03 Å². The molecule has 6 nitrogen and oxygen atoms in total. The van der Waals surface area contributed by atoms with Gasteiger partial charge in [0.2, 0.25) is 0 Å². The molecule has 1 aromatic heterocycles. The van der Waals surface area contributed by atoms with E-state index in [9.17, 15) is 4.79 Å². The highest BCUT2D eigenvalue weighted by Crippen LogP contribution is 2.16. The minimum atomic E-state index is -0.194. The van der Waals surface area contributed by atoms with Gasteiger partial charge in [0, 0.05) is 19.2 Å². The quantitative estimate of drug-likeness (QED) is 0.795. The second kappa shape index (κ2) is 7.78. The van der Waals surface area contributed by atoms with E-state index >= 15 is 0 Å². The van der Waals surface area contributed by atoms with Crippen LogP contribution in [0.4, 0.5) is 10.6 Å². The molecule has 1 unspecified atom stereocenters. The zero-order chi connectivity index (χ0) is 14.3. The average Bonchev–Trinajstić information content (AvgIpc) is 2.85. The van der Waals surface area contributed by atoms with Crippen molar-refractivity contribution in [3.8, 4) is 0 Å². The maximum atomic E-state index is 12.1. The van der Waals surface area contributed by atoms with Crippen molar-refractivity contribution in [3.05, 3.63) is 12.3 Å². The molecule has 0 aliphatic heterocycles. The summed E-state index contributed by atoms with van der Waals surface area (Å²) < 4.78 is 1.81. The van der Waals surface area contributed by atoms with Gasteiger partial charge in [-0.2, -0.15) is 5.10 Å². The molecule has 0 saturated heterocycles. The van der Waals surface area contributed by atoms with Gasteiger partial charge in [0.25, 0.3) is 0 Å². The summed E-state index contributed by atoms with van der Waals surface area (Å²) in [6, 6.07) is 1.83. The summed E-state index contributed by atoms with van der Waals surface area (Å²) in [5.74, 6) is 0.693. The van der Waals surface area contributed by atoms with Gasteiger partial charge in [-0.1, -0.05) is 13.8 Å². The third-order valence-corrected chi connectivity index (χ3v) is 3.06. The van der Waals surface area contributed by atoms with Gasteiger partial charge in [-0.3, -0.25) is 5.32 Å². The molecule has 0 spiro atoms. The first-order valence-corrected chi connectivity index (χ1v) is 6.84. The van der Waals surface area contributed by atoms with E-state index in [4.69, 9.17) is 5.11 Å². The number of aromatic nitrogens is 2. The first-order valence-electron chi connectivity index (χ1n) is 6.84. The molecule has 0 aromatic carbocycles. The van der Waals surface area contributed by atoms with Crippen LogP contribution in [0.3, 0.4) is 0 Å². The molecule has 1 heterocycles. The van der Waals surface area contributed by atoms with E-state index < -0.39 is 0 Å². The Balaban J connectivity index is 2.72. The van der Waals surface area contributed by atoms with Crippen molar-refractivity contribution in [3.63, 3.8) is 0 Å². The smallest absolute Gasteiger partial charge is 0.323 e. The molecular formula is C13H24N4O2. The lowest BCUT2D eigenvalue weighted by Crippen LogP contribution is -2.38. The second-order valence-electron chi connectivity index (χ2n) is 4.56. The Kier molecular flexibility index (Phi) is 6.35. The van der Waals surface area contributed by atoms with Crippen LogP contribution in [0.2, 0.25) is 0 Å². The maximum absolute atomic E-state index is 12.1. The molecule has 1 aromatic rings. The van der Waals surface area contributed by atoms with Crippen LogP contribution in [-0.2, 0) is 0 Å². The summed E-state index contributed by atoms with van der Waals surface area (Å²) in [6.07, 6.45) is 3.48. The molecule has 6 heteroatoms. The van der Waals surface area contributed by atoms with Crippen molar-refractivity contribution >= 4 is 11.8 Å². The fraction of sp³-hybridized carbons (Fsp3) is 0.692. The molecular weight excluding hydrogens is 244 g/mol. The molecule has 0 radical (unpaired) electrons. The predicted octanol–water partition coefficient (Wildman–Crippen LogP) is 2.09. The highest BCUT2D eigenvalue weighted by molar-refractivity contribution is 5.88. The Labute approximate surface area is 114 Å². The minimum absolute atomic E-state index is 0.0297. The van der Waals surface area contributed by atoms with Crippen molar-refractivity contribution in [1.29, 1.82) is 0 Å². The van der Waals surface area contributed by atoms with E-state index in [-0.39, 0.29) is 18.7 Å². The topological polar surface area (TPSA) is 70.4 Å². The number of amides is 2. The molecule has 19 heavy (non-hydrogen) atoms. The lowest BCUT2D eigenvalue weighted by atomic mass is 10.3. The summed E-state index contributed by atoms with van der Waals surface area (Å²) in [5.41, 5.74) is 0. The third kappa shape index (κ3) is 4.24. The largest absolute Gasteiger partial charge is 0.395 e. The van der Waals surface area contributed by atoms with E-state index in [1.54, 1.807) is 21.8 Å². The molecule has 0 bridgehead atoms. The number of hydrogen-bond acceptors (Lipinski definition) is 3. The van der Waals surface area contributed by atoms with Crippen molar-refractivity contribution in [2.75, 3.05) is 25.0 Å². The fourth-order valence-electron chi connectivity index (χ4n) is 1.83. The zero-order valence-electron chi connectivity index (χ0n) is 12.0. The van der Waals surface area contributed by atoms with E-state index in [1.165, 1.54) is 0 Å². The highest BCUT2D eigenvalue weighted by Gasteiger charge is 2.15. The number of rotatable bonds is 7. The number of carbonyl (C=O) groups is 1. The molecule has 0 saturated carbocycles. The highest BCUT2D eigenvalue weighted by atomic mass is 16.3. The Morgan fingerprint density at radius 1 is 1.53 bits per heavy atom. The van der Waals surface area contributed by atoms with E-state index in [1.807, 2.05) is 6.92 Å². The van der Waals surface area contributed by atoms with Crippen LogP contribution >= 0.6 is 0 Å². The van der Waals surface area contributed by atoms with Crippen LogP contribution in [0.1, 0.15) is 39.7 Å². The van der Waals surface area contributed by atoms with Crippen LogP contribution in [0.15, 0.2) is 12.3 Å². The zero-order valence-corrected chi connectivity index (χ0v) is 12.0. The maximum Gasteiger partial charge on any atom is 0.323 e. The van der Waals surface area contributed by atoms with Crippen molar-refractivity contribution in [1.82, 2.24) is 14.7 Å². The molecule has 0 aliphatic carbocycles. The molecule has 108 valence electrons. The number of nitrogens with one attached hydrogen (secondary N) is 1. The van der Waals surface area contributed by atoms with Gasteiger partial charge in [0.1, 0.15) is 5.82 Å². The molecule has 0 aliphatic rings. The molecule has 2 amide bonds. The molecule has 2 N–H and O–H groups in total. The van der Waals surface area contributed by atoms with Crippen LogP contribution in [-0.4, -0.2) is 45.5 Å². The Morgan fingerprint density at radius 3 is 2.84 bits per heavy atom. The van der Waals surface area contributed by atoms with Gasteiger partial charge in [-0.05, 0) is 19.8 Å². The fourth-order valence-corrected chi connectivity index (χ4v) is 1.83. The van der Waals surface area contributed by atoms with Crippen molar-refractivity contribution in [2.24, 2.45) is 0 Å². The van der Waals surface area contributed by atoms with Gasteiger partial charge in [-0.25, -0.2) is 9.48 Å². The number of aliphatic hydroxyl groups excluding tert-OH is 1. The van der Waals surface area contributed by atoms with E-state index in [0.29, 0.717) is 18.9 Å². The third-order valence-electron chi connectivity index (χ3n) is 3.06. The molecule has 0 fully saturated rings. The predicted molar refractivity (Wildman–Crippen MR) is 75.2 cm³/mol. The number of anilines is 1. The number of nitrogens with zero attached hydrogens (tertiary/aromatic N) is 3. The van der Waals surface area contributed by atoms with Crippen molar-refractivity contribution in [2.45, 2.75) is 39.7 Å². The molecule has 1 atom stereocenters. The SMILES string of the molecule is CCCN(CCO)C(=O)Nc1ccnn1C(C)CC. The van der Waals surface area contributed by atoms with Gasteiger partial charge < -0.3 is 10.0 Å². The Bertz CT molecular complexity index is 386. The lowest BCUT2D eigenvalue weighted by Gasteiger charge is -2.22. The van der Waals surface area contributed by atoms with Gasteiger partial charge in [-0.15, -0.1) is 0 Å². The Morgan fingerprint density at radius 2 is 2.26 bits per heavy atom. The minimum Gasteiger partial charge on any atom is -0.395 e. The monoisotopic (exact) mass is 268 g/mol. The lowest BCUT2D eigenvalue weighted by molar-refractivity contribution is 0.188. The van der Waals surface area contributed by atoms with Crippen molar-refractivity contribution < 1.29 is 9.90 Å². The van der Waals surface area contributed by atoms with Crippen LogP contribution in [0.5, 0.6) is 0 Å².